The number of aliphatic carboxylic acids is 1. The molecule has 0 saturated carbocycles. The molecule has 1 atom stereocenters. The molecule has 1 aromatic heterocycles. The molecule has 0 radical (unpaired) electrons. The Labute approximate surface area is 387 Å². The van der Waals surface area contributed by atoms with E-state index in [4.69, 9.17) is 33.5 Å². The minimum Gasteiger partial charge on any atom is -0.480 e. The summed E-state index contributed by atoms with van der Waals surface area (Å²) in [5.74, 6) is -3.34. The number of nitrogens with one attached hydrogen (secondary N) is 2. The van der Waals surface area contributed by atoms with Crippen LogP contribution in [-0.4, -0.2) is 130 Å². The topological polar surface area (TPSA) is 195 Å². The lowest BCUT2D eigenvalue weighted by atomic mass is 10.00. The summed E-state index contributed by atoms with van der Waals surface area (Å²) in [5, 5.41) is 14.1. The number of carbonyl (C=O) groups excluding carboxylic acids is 2. The van der Waals surface area contributed by atoms with Crippen LogP contribution in [0.15, 0.2) is 82.4 Å². The van der Waals surface area contributed by atoms with Crippen molar-refractivity contribution in [1.29, 1.82) is 0 Å². The normalized spacial score (nSPS) is 11.7. The van der Waals surface area contributed by atoms with Gasteiger partial charge < -0.3 is 44.2 Å². The Bertz CT molecular complexity index is 2220. The summed E-state index contributed by atoms with van der Waals surface area (Å²) >= 11 is 3.89. The maximum atomic E-state index is 14.8. The molecule has 0 bridgehead atoms. The molecule has 1 heterocycles. The Kier molecular flexibility index (Phi) is 24.3. The van der Waals surface area contributed by atoms with Gasteiger partial charge in [-0.2, -0.15) is 12.6 Å². The fraction of sp³-hybridized carbons (Fsp3) is 0.468. The van der Waals surface area contributed by atoms with Gasteiger partial charge in [-0.1, -0.05) is 60.7 Å². The number of aryl methyl sites for hydroxylation is 2. The van der Waals surface area contributed by atoms with Crippen molar-refractivity contribution in [3.63, 3.8) is 0 Å². The molecular formula is C47H60F2N4O12S. The van der Waals surface area contributed by atoms with Crippen LogP contribution in [0.1, 0.15) is 35.2 Å². The highest BCUT2D eigenvalue weighted by molar-refractivity contribution is 7.80. The van der Waals surface area contributed by atoms with E-state index in [-0.39, 0.29) is 61.1 Å². The zero-order valence-corrected chi connectivity index (χ0v) is 38.1. The molecule has 2 amide bonds. The van der Waals surface area contributed by atoms with Crippen molar-refractivity contribution in [3.8, 4) is 11.1 Å². The average molecular weight is 943 g/mol. The first kappa shape index (κ1) is 53.3. The molecule has 19 heteroatoms. The number of thiol groups is 1. The fourth-order valence-electron chi connectivity index (χ4n) is 6.55. The number of benzene rings is 3. The average Bonchev–Trinajstić information content (AvgIpc) is 3.30. The molecule has 0 fully saturated rings. The van der Waals surface area contributed by atoms with E-state index in [1.54, 1.807) is 25.1 Å². The van der Waals surface area contributed by atoms with Gasteiger partial charge in [0.2, 0.25) is 11.8 Å². The molecule has 66 heavy (non-hydrogen) atoms. The highest BCUT2D eigenvalue weighted by atomic mass is 32.1. The van der Waals surface area contributed by atoms with E-state index in [0.29, 0.717) is 91.0 Å². The summed E-state index contributed by atoms with van der Waals surface area (Å²) in [6, 6.07) is 19.0. The Morgan fingerprint density at radius 2 is 1.21 bits per heavy atom. The Morgan fingerprint density at radius 1 is 0.667 bits per heavy atom. The van der Waals surface area contributed by atoms with Crippen LogP contribution in [0.4, 0.5) is 8.78 Å². The number of amides is 2. The van der Waals surface area contributed by atoms with Crippen molar-refractivity contribution >= 4 is 30.4 Å². The number of carboxylic acid groups (broad SMARTS) is 1. The van der Waals surface area contributed by atoms with E-state index in [1.807, 2.05) is 36.4 Å². The van der Waals surface area contributed by atoms with Gasteiger partial charge in [0, 0.05) is 42.9 Å². The molecule has 360 valence electrons. The molecule has 0 aliphatic heterocycles. The predicted octanol–water partition coefficient (Wildman–Crippen LogP) is 3.59. The van der Waals surface area contributed by atoms with Crippen LogP contribution in [0.25, 0.3) is 11.1 Å². The molecule has 4 rings (SSSR count). The number of carbonyl (C=O) groups is 3. The molecule has 0 spiro atoms. The van der Waals surface area contributed by atoms with Gasteiger partial charge in [-0.05, 0) is 48.6 Å². The monoisotopic (exact) mass is 942 g/mol. The van der Waals surface area contributed by atoms with Crippen LogP contribution in [0.2, 0.25) is 0 Å². The maximum Gasteiger partial charge on any atom is 0.331 e. The van der Waals surface area contributed by atoms with E-state index in [2.05, 4.69) is 23.3 Å². The van der Waals surface area contributed by atoms with E-state index in [1.165, 1.54) is 10.6 Å². The first-order valence-corrected chi connectivity index (χ1v) is 22.4. The Balaban J connectivity index is 1.08. The Hall–Kier alpha value is -5.28. The summed E-state index contributed by atoms with van der Waals surface area (Å²) in [5.41, 5.74) is 1.25. The molecule has 3 N–H and O–H groups in total. The van der Waals surface area contributed by atoms with Gasteiger partial charge in [0.25, 0.3) is 5.56 Å². The summed E-state index contributed by atoms with van der Waals surface area (Å²) in [7, 11) is 0. The summed E-state index contributed by atoms with van der Waals surface area (Å²) in [4.78, 5) is 63.1. The quantitative estimate of drug-likeness (QED) is 0.0402. The summed E-state index contributed by atoms with van der Waals surface area (Å²) < 4.78 is 64.6. The van der Waals surface area contributed by atoms with E-state index in [0.717, 1.165) is 27.8 Å². The first-order valence-electron chi connectivity index (χ1n) is 21.8. The maximum absolute atomic E-state index is 14.8. The third-order valence-electron chi connectivity index (χ3n) is 10.1. The van der Waals surface area contributed by atoms with Crippen LogP contribution < -0.4 is 21.9 Å². The first-order chi connectivity index (χ1) is 32.0. The number of nitrogens with zero attached hydrogens (tertiary/aromatic N) is 2. The zero-order chi connectivity index (χ0) is 47.5. The number of aromatic nitrogens is 2. The van der Waals surface area contributed by atoms with Crippen molar-refractivity contribution in [3.05, 3.63) is 128 Å². The summed E-state index contributed by atoms with van der Waals surface area (Å²) in [6.07, 6.45) is 0.976. The van der Waals surface area contributed by atoms with Gasteiger partial charge in [0.05, 0.1) is 91.4 Å². The molecule has 16 nitrogen and oxygen atoms in total. The van der Waals surface area contributed by atoms with Gasteiger partial charge in [-0.25, -0.2) is 18.4 Å². The molecule has 0 saturated heterocycles. The SMILES string of the molecule is Cc1c(-c2cccc(CCC(=O)NCCOCCOCCOCCOCCOCCOCCC(=O)NC(CS)C(=O)O)c2)c(=O)n(CCc2ccccc2)c(=O)n1Cc1c(F)cccc1F. The van der Waals surface area contributed by atoms with E-state index in [9.17, 15) is 32.8 Å². The summed E-state index contributed by atoms with van der Waals surface area (Å²) in [6.45, 7) is 5.58. The fourth-order valence-corrected chi connectivity index (χ4v) is 6.80. The number of hydrogen-bond donors (Lipinski definition) is 4. The smallest absolute Gasteiger partial charge is 0.331 e. The minimum absolute atomic E-state index is 0.000962. The molecule has 0 aliphatic rings. The van der Waals surface area contributed by atoms with Gasteiger partial charge >= 0.3 is 11.7 Å². The molecule has 0 aliphatic carbocycles. The molecule has 1 unspecified atom stereocenters. The van der Waals surface area contributed by atoms with Crippen LogP contribution in [0, 0.1) is 18.6 Å². The Morgan fingerprint density at radius 3 is 1.79 bits per heavy atom. The van der Waals surface area contributed by atoms with E-state index < -0.39 is 47.3 Å². The lowest BCUT2D eigenvalue weighted by molar-refractivity contribution is -0.141. The van der Waals surface area contributed by atoms with Crippen molar-refractivity contribution in [2.24, 2.45) is 0 Å². The highest BCUT2D eigenvalue weighted by Gasteiger charge is 2.21. The van der Waals surface area contributed by atoms with Crippen molar-refractivity contribution in [1.82, 2.24) is 19.8 Å². The lowest BCUT2D eigenvalue weighted by Crippen LogP contribution is -2.42. The van der Waals surface area contributed by atoms with Crippen LogP contribution in [0.3, 0.4) is 0 Å². The third-order valence-corrected chi connectivity index (χ3v) is 10.5. The van der Waals surface area contributed by atoms with Gasteiger partial charge in [-0.3, -0.25) is 23.5 Å². The number of ether oxygens (including phenoxy) is 6. The van der Waals surface area contributed by atoms with Crippen LogP contribution in [0.5, 0.6) is 0 Å². The van der Waals surface area contributed by atoms with Crippen LogP contribution >= 0.6 is 12.6 Å². The molecular weight excluding hydrogens is 883 g/mol. The standard InChI is InChI=1S/C47H60F2N4O12S/c1-34-44(45(56)52(18-15-35-7-3-2-4-8-35)47(59)53(34)32-38-39(48)11-6-12-40(38)49)37-10-5-9-36(31-37)13-14-42(54)50-17-20-61-22-24-63-26-28-65-30-29-64-27-25-62-23-21-60-19-16-43(55)51-41(33-66)46(57)58/h2-12,31,41,66H,13-30,32-33H2,1H3,(H,50,54)(H,51,55)(H,57,58). The zero-order valence-electron chi connectivity index (χ0n) is 37.2. The number of hydrogen-bond acceptors (Lipinski definition) is 12. The second kappa shape index (κ2) is 30.1. The molecule has 3 aromatic carbocycles. The minimum atomic E-state index is -1.14. The third kappa shape index (κ3) is 18.5. The van der Waals surface area contributed by atoms with Crippen LogP contribution in [-0.2, 0) is 68.7 Å². The van der Waals surface area contributed by atoms with Crippen molar-refractivity contribution < 1.29 is 56.7 Å². The van der Waals surface area contributed by atoms with Gasteiger partial charge in [0.15, 0.2) is 0 Å². The highest BCUT2D eigenvalue weighted by Crippen LogP contribution is 2.23. The second-order valence-corrected chi connectivity index (χ2v) is 15.2. The lowest BCUT2D eigenvalue weighted by Gasteiger charge is -2.18. The van der Waals surface area contributed by atoms with Crippen molar-refractivity contribution in [2.45, 2.75) is 51.7 Å². The second-order valence-electron chi connectivity index (χ2n) is 14.8. The largest absolute Gasteiger partial charge is 0.480 e. The van der Waals surface area contributed by atoms with Gasteiger partial charge in [-0.15, -0.1) is 0 Å². The number of halogens is 2. The predicted molar refractivity (Wildman–Crippen MR) is 245 cm³/mol. The van der Waals surface area contributed by atoms with E-state index >= 15 is 0 Å². The van der Waals surface area contributed by atoms with Gasteiger partial charge in [0.1, 0.15) is 17.7 Å². The van der Waals surface area contributed by atoms with Crippen molar-refractivity contribution in [2.75, 3.05) is 91.6 Å². The molecule has 4 aromatic rings. The number of carboxylic acids is 1. The number of rotatable bonds is 33.